The Morgan fingerprint density at radius 1 is 1.53 bits per heavy atom. The van der Waals surface area contributed by atoms with Crippen LogP contribution in [0.5, 0.6) is 0 Å². The Morgan fingerprint density at radius 3 is 2.89 bits per heavy atom. The van der Waals surface area contributed by atoms with Gasteiger partial charge in [0.15, 0.2) is 0 Å². The van der Waals surface area contributed by atoms with Gasteiger partial charge >= 0.3 is 0 Å². The van der Waals surface area contributed by atoms with E-state index in [1.54, 1.807) is 0 Å². The molecule has 2 unspecified atom stereocenters. The smallest absolute Gasteiger partial charge is 0.0971 e. The standard InChI is InChI=1S/C15H21BrClNO/c1-10(2)7-15(3)9-18-8-14(19-15)12-5-4-11(16)6-13(12)17/h4-6,10,14,18H,7-9H2,1-3H3. The van der Waals surface area contributed by atoms with Gasteiger partial charge in [0.05, 0.1) is 11.7 Å². The summed E-state index contributed by atoms with van der Waals surface area (Å²) in [7, 11) is 0. The van der Waals surface area contributed by atoms with Crippen molar-refractivity contribution in [3.05, 3.63) is 33.3 Å². The molecule has 19 heavy (non-hydrogen) atoms. The number of morpholine rings is 1. The van der Waals surface area contributed by atoms with Crippen molar-refractivity contribution in [1.29, 1.82) is 0 Å². The van der Waals surface area contributed by atoms with E-state index < -0.39 is 0 Å². The normalized spacial score (nSPS) is 27.8. The van der Waals surface area contributed by atoms with Gasteiger partial charge in [-0.2, -0.15) is 0 Å². The fourth-order valence-corrected chi connectivity index (χ4v) is 3.61. The molecule has 0 aromatic heterocycles. The number of hydrogen-bond acceptors (Lipinski definition) is 2. The Balaban J connectivity index is 2.17. The summed E-state index contributed by atoms with van der Waals surface area (Å²) in [5.74, 6) is 0.617. The molecule has 1 N–H and O–H groups in total. The topological polar surface area (TPSA) is 21.3 Å². The monoisotopic (exact) mass is 345 g/mol. The number of ether oxygens (including phenoxy) is 1. The maximum atomic E-state index is 6.33. The molecule has 1 aromatic carbocycles. The van der Waals surface area contributed by atoms with E-state index >= 15 is 0 Å². The minimum absolute atomic E-state index is 0.0260. The van der Waals surface area contributed by atoms with Gasteiger partial charge in [-0.15, -0.1) is 0 Å². The Morgan fingerprint density at radius 2 is 2.26 bits per heavy atom. The second-order valence-corrected chi connectivity index (χ2v) is 7.27. The fraction of sp³-hybridized carbons (Fsp3) is 0.600. The van der Waals surface area contributed by atoms with Crippen molar-refractivity contribution in [1.82, 2.24) is 5.32 Å². The first-order valence-electron chi connectivity index (χ1n) is 6.73. The maximum Gasteiger partial charge on any atom is 0.0971 e. The van der Waals surface area contributed by atoms with Crippen LogP contribution in [-0.4, -0.2) is 18.7 Å². The van der Waals surface area contributed by atoms with Crippen molar-refractivity contribution in [2.75, 3.05) is 13.1 Å². The predicted molar refractivity (Wildman–Crippen MR) is 83.7 cm³/mol. The Bertz CT molecular complexity index is 452. The van der Waals surface area contributed by atoms with Gasteiger partial charge in [0.1, 0.15) is 0 Å². The largest absolute Gasteiger partial charge is 0.365 e. The van der Waals surface area contributed by atoms with E-state index in [0.29, 0.717) is 5.92 Å². The van der Waals surface area contributed by atoms with Crippen LogP contribution in [0.25, 0.3) is 0 Å². The lowest BCUT2D eigenvalue weighted by atomic mass is 9.91. The molecule has 0 radical (unpaired) electrons. The van der Waals surface area contributed by atoms with Crippen molar-refractivity contribution in [2.24, 2.45) is 5.92 Å². The van der Waals surface area contributed by atoms with Crippen molar-refractivity contribution in [2.45, 2.75) is 38.9 Å². The summed E-state index contributed by atoms with van der Waals surface area (Å²) in [6, 6.07) is 5.98. The van der Waals surface area contributed by atoms with E-state index in [2.05, 4.69) is 42.0 Å². The highest BCUT2D eigenvalue weighted by Crippen LogP contribution is 2.35. The van der Waals surface area contributed by atoms with Crippen LogP contribution in [0.2, 0.25) is 5.02 Å². The molecule has 1 heterocycles. The van der Waals surface area contributed by atoms with Gasteiger partial charge in [-0.1, -0.05) is 47.4 Å². The average Bonchev–Trinajstić information content (AvgIpc) is 2.26. The first kappa shape index (κ1) is 15.3. The van der Waals surface area contributed by atoms with Gasteiger partial charge in [0.25, 0.3) is 0 Å². The highest BCUT2D eigenvalue weighted by molar-refractivity contribution is 9.10. The van der Waals surface area contributed by atoms with Crippen LogP contribution < -0.4 is 5.32 Å². The van der Waals surface area contributed by atoms with Crippen molar-refractivity contribution < 1.29 is 4.74 Å². The Kier molecular flexibility index (Phi) is 4.93. The molecule has 0 saturated carbocycles. The van der Waals surface area contributed by atoms with E-state index in [0.717, 1.165) is 34.6 Å². The quantitative estimate of drug-likeness (QED) is 0.865. The summed E-state index contributed by atoms with van der Waals surface area (Å²) in [6.45, 7) is 8.35. The van der Waals surface area contributed by atoms with E-state index in [9.17, 15) is 0 Å². The SMILES string of the molecule is CC(C)CC1(C)CNCC(c2ccc(Br)cc2Cl)O1. The van der Waals surface area contributed by atoms with Gasteiger partial charge < -0.3 is 10.1 Å². The molecule has 1 aliphatic rings. The van der Waals surface area contributed by atoms with Crippen LogP contribution in [0.3, 0.4) is 0 Å². The van der Waals surface area contributed by atoms with E-state index in [1.165, 1.54) is 0 Å². The molecule has 0 spiro atoms. The lowest BCUT2D eigenvalue weighted by Crippen LogP contribution is -2.49. The van der Waals surface area contributed by atoms with Gasteiger partial charge in [0, 0.05) is 28.1 Å². The highest BCUT2D eigenvalue weighted by Gasteiger charge is 2.34. The summed E-state index contributed by atoms with van der Waals surface area (Å²) >= 11 is 9.76. The molecule has 4 heteroatoms. The molecule has 2 rings (SSSR count). The molecular weight excluding hydrogens is 326 g/mol. The van der Waals surface area contributed by atoms with Crippen LogP contribution in [0.1, 0.15) is 38.9 Å². The minimum atomic E-state index is -0.118. The molecule has 1 saturated heterocycles. The predicted octanol–water partition coefficient (Wildman–Crippen LogP) is 4.57. The number of halogens is 2. The molecule has 1 fully saturated rings. The zero-order valence-electron chi connectivity index (χ0n) is 11.7. The van der Waals surface area contributed by atoms with Crippen LogP contribution in [0, 0.1) is 5.92 Å². The first-order valence-corrected chi connectivity index (χ1v) is 7.90. The molecule has 1 aliphatic heterocycles. The van der Waals surface area contributed by atoms with Crippen LogP contribution in [0.15, 0.2) is 22.7 Å². The third-order valence-corrected chi connectivity index (χ3v) is 4.23. The van der Waals surface area contributed by atoms with Crippen LogP contribution in [-0.2, 0) is 4.74 Å². The summed E-state index contributed by atoms with van der Waals surface area (Å²) in [5, 5.41) is 4.23. The molecule has 2 nitrogen and oxygen atoms in total. The van der Waals surface area contributed by atoms with Crippen LogP contribution in [0.4, 0.5) is 0 Å². The van der Waals surface area contributed by atoms with Gasteiger partial charge in [0.2, 0.25) is 0 Å². The first-order chi connectivity index (χ1) is 8.89. The lowest BCUT2D eigenvalue weighted by Gasteiger charge is -2.40. The van der Waals surface area contributed by atoms with Crippen molar-refractivity contribution in [3.63, 3.8) is 0 Å². The average molecular weight is 347 g/mol. The number of rotatable bonds is 3. The second-order valence-electron chi connectivity index (χ2n) is 5.95. The summed E-state index contributed by atoms with van der Waals surface area (Å²) in [5.41, 5.74) is 0.945. The number of benzene rings is 1. The number of hydrogen-bond donors (Lipinski definition) is 1. The third kappa shape index (κ3) is 3.94. The minimum Gasteiger partial charge on any atom is -0.365 e. The molecule has 106 valence electrons. The second kappa shape index (κ2) is 6.13. The molecule has 0 aliphatic carbocycles. The van der Waals surface area contributed by atoms with E-state index in [1.807, 2.05) is 18.2 Å². The molecule has 2 atom stereocenters. The molecular formula is C15H21BrClNO. The van der Waals surface area contributed by atoms with Gasteiger partial charge in [-0.25, -0.2) is 0 Å². The van der Waals surface area contributed by atoms with Gasteiger partial charge in [-0.05, 0) is 31.4 Å². The zero-order valence-corrected chi connectivity index (χ0v) is 14.0. The lowest BCUT2D eigenvalue weighted by molar-refractivity contribution is -0.117. The molecule has 0 bridgehead atoms. The summed E-state index contributed by atoms with van der Waals surface area (Å²) < 4.78 is 7.32. The van der Waals surface area contributed by atoms with E-state index in [4.69, 9.17) is 16.3 Å². The fourth-order valence-electron chi connectivity index (χ4n) is 2.81. The van der Waals surface area contributed by atoms with Crippen LogP contribution >= 0.6 is 27.5 Å². The van der Waals surface area contributed by atoms with E-state index in [-0.39, 0.29) is 11.7 Å². The van der Waals surface area contributed by atoms with Crippen molar-refractivity contribution in [3.8, 4) is 0 Å². The summed E-state index contributed by atoms with van der Waals surface area (Å²) in [6.07, 6.45) is 1.07. The van der Waals surface area contributed by atoms with Crippen molar-refractivity contribution >= 4 is 27.5 Å². The maximum absolute atomic E-state index is 6.33. The zero-order chi connectivity index (χ0) is 14.0. The third-order valence-electron chi connectivity index (χ3n) is 3.40. The summed E-state index contributed by atoms with van der Waals surface area (Å²) in [4.78, 5) is 0. The molecule has 1 aromatic rings. The molecule has 0 amide bonds. The Hall–Kier alpha value is -0.0900. The number of nitrogens with one attached hydrogen (secondary N) is 1. The Labute approximate surface area is 129 Å². The van der Waals surface area contributed by atoms with Gasteiger partial charge in [-0.3, -0.25) is 0 Å². The highest BCUT2D eigenvalue weighted by atomic mass is 79.9.